The lowest BCUT2D eigenvalue weighted by Gasteiger charge is -2.29. The number of carbonyl (C=O) groups is 8. The highest BCUT2D eigenvalue weighted by atomic mass is 16.4. The van der Waals surface area contributed by atoms with Gasteiger partial charge in [0.05, 0.1) is 0 Å². The number of aromatic nitrogens is 1. The fraction of sp³-hybridized carbons (Fsp3) is 0.692. The number of primary amides is 1. The van der Waals surface area contributed by atoms with Gasteiger partial charge >= 0.3 is 5.97 Å². The summed E-state index contributed by atoms with van der Waals surface area (Å²) >= 11 is 0. The van der Waals surface area contributed by atoms with Gasteiger partial charge in [-0.05, 0) is 74.5 Å². The van der Waals surface area contributed by atoms with E-state index in [-0.39, 0.29) is 56.3 Å². The lowest BCUT2D eigenvalue weighted by molar-refractivity contribution is -0.143. The van der Waals surface area contributed by atoms with E-state index in [1.807, 2.05) is 38.1 Å². The smallest absolute Gasteiger partial charge is 0.326 e. The van der Waals surface area contributed by atoms with Crippen LogP contribution in [-0.2, 0) is 44.8 Å². The Kier molecular flexibility index (Phi) is 28.7. The second-order valence-corrected chi connectivity index (χ2v) is 19.9. The first-order valence-corrected chi connectivity index (χ1v) is 25.9. The molecule has 12 N–H and O–H groups in total. The number of nitrogens with two attached hydrogens (primary N) is 2. The van der Waals surface area contributed by atoms with Crippen LogP contribution < -0.4 is 43.4 Å². The number of hydrogen-bond acceptors (Lipinski definition) is 9. The van der Waals surface area contributed by atoms with Gasteiger partial charge in [-0.3, -0.25) is 33.6 Å². The van der Waals surface area contributed by atoms with Gasteiger partial charge in [-0.25, -0.2) is 4.79 Å². The summed E-state index contributed by atoms with van der Waals surface area (Å²) in [6.07, 6.45) is 15.2. The SMILES string of the molecule is CCCCCCCCCCCCCC(=O)N[C@H](C(=O)N[C@@H](CC(C)C)C(=O)N[C@@H](CCC(N)=O)C(=O)N[C@@H](Cc1c[nH]c2ccccc12)C(=O)N[C@H](C(=O)N[C@@H](CCCCN)C(=O)O)C(C)C)C(C)C. The molecular weight excluding hydrogens is 895 g/mol. The van der Waals surface area contributed by atoms with Crippen LogP contribution in [0.2, 0.25) is 0 Å². The predicted octanol–water partition coefficient (Wildman–Crippen LogP) is 5.16. The molecule has 6 atom stereocenters. The lowest BCUT2D eigenvalue weighted by Crippen LogP contribution is -2.60. The minimum atomic E-state index is -1.41. The molecule has 7 amide bonds. The Morgan fingerprint density at radius 3 is 1.64 bits per heavy atom. The Balaban J connectivity index is 2.29. The zero-order valence-corrected chi connectivity index (χ0v) is 43.1. The number of benzene rings is 1. The summed E-state index contributed by atoms with van der Waals surface area (Å²) < 4.78 is 0. The van der Waals surface area contributed by atoms with Crippen molar-refractivity contribution in [2.24, 2.45) is 29.2 Å². The number of aliphatic carboxylic acids is 1. The summed E-state index contributed by atoms with van der Waals surface area (Å²) in [6.45, 7) is 13.3. The number of fused-ring (bicyclic) bond motifs is 1. The molecule has 394 valence electrons. The van der Waals surface area contributed by atoms with Gasteiger partial charge in [0, 0.05) is 36.4 Å². The van der Waals surface area contributed by atoms with Gasteiger partial charge in [-0.15, -0.1) is 0 Å². The van der Waals surface area contributed by atoms with E-state index in [0.717, 1.165) is 30.2 Å². The fourth-order valence-corrected chi connectivity index (χ4v) is 8.32. The molecule has 2 aromatic rings. The molecule has 0 saturated carbocycles. The van der Waals surface area contributed by atoms with Gasteiger partial charge < -0.3 is 53.5 Å². The first kappa shape index (κ1) is 60.6. The summed E-state index contributed by atoms with van der Waals surface area (Å²) in [7, 11) is 0. The number of carboxylic acid groups (broad SMARTS) is 1. The quantitative estimate of drug-likeness (QED) is 0.0397. The van der Waals surface area contributed by atoms with Gasteiger partial charge in [-0.2, -0.15) is 0 Å². The lowest BCUT2D eigenvalue weighted by atomic mass is 9.98. The molecule has 0 aliphatic carbocycles. The number of amides is 7. The molecule has 0 fully saturated rings. The molecule has 1 aromatic heterocycles. The van der Waals surface area contributed by atoms with E-state index < -0.39 is 83.6 Å². The monoisotopic (exact) mass is 982 g/mol. The highest BCUT2D eigenvalue weighted by Gasteiger charge is 2.35. The van der Waals surface area contributed by atoms with Crippen LogP contribution in [-0.4, -0.2) is 100 Å². The van der Waals surface area contributed by atoms with Gasteiger partial charge in [0.15, 0.2) is 0 Å². The van der Waals surface area contributed by atoms with Crippen molar-refractivity contribution in [3.8, 4) is 0 Å². The molecule has 1 aromatic carbocycles. The predicted molar refractivity (Wildman–Crippen MR) is 273 cm³/mol. The van der Waals surface area contributed by atoms with Gasteiger partial charge in [0.2, 0.25) is 41.4 Å². The van der Waals surface area contributed by atoms with Crippen molar-refractivity contribution in [1.82, 2.24) is 36.9 Å². The van der Waals surface area contributed by atoms with Crippen LogP contribution in [0.15, 0.2) is 30.5 Å². The summed E-state index contributed by atoms with van der Waals surface area (Å²) in [5.41, 5.74) is 12.5. The third kappa shape index (κ3) is 22.9. The average Bonchev–Trinajstić information content (AvgIpc) is 3.71. The van der Waals surface area contributed by atoms with Crippen molar-refractivity contribution in [1.29, 1.82) is 0 Å². The average molecular weight is 982 g/mol. The fourth-order valence-electron chi connectivity index (χ4n) is 8.32. The zero-order chi connectivity index (χ0) is 52.2. The maximum atomic E-state index is 14.3. The number of carboxylic acids is 1. The molecule has 0 spiro atoms. The van der Waals surface area contributed by atoms with E-state index >= 15 is 0 Å². The number of H-pyrrole nitrogens is 1. The van der Waals surface area contributed by atoms with Gasteiger partial charge in [0.25, 0.3) is 0 Å². The third-order valence-corrected chi connectivity index (χ3v) is 12.5. The molecule has 18 nitrogen and oxygen atoms in total. The van der Waals surface area contributed by atoms with E-state index in [1.54, 1.807) is 33.9 Å². The van der Waals surface area contributed by atoms with Crippen molar-refractivity contribution >= 4 is 58.2 Å². The van der Waals surface area contributed by atoms with E-state index in [1.165, 1.54) is 44.9 Å². The number of para-hydroxylation sites is 1. The normalized spacial score (nSPS) is 14.0. The summed E-state index contributed by atoms with van der Waals surface area (Å²) in [6, 6.07) is 0.0525. The molecule has 0 aliphatic heterocycles. The summed E-state index contributed by atoms with van der Waals surface area (Å²) in [5, 5.41) is 26.9. The number of rotatable bonds is 37. The van der Waals surface area contributed by atoms with E-state index in [0.29, 0.717) is 31.4 Å². The standard InChI is InChI=1S/C52H87N9O9/c1-8-9-10-11-12-13-14-15-16-17-18-26-44(63)60-45(34(4)5)50(67)59-41(30-33(2)3)48(65)56-39(27-28-43(54)62)47(64)58-42(31-36-32-55-38-24-20-19-23-37(36)38)49(66)61-46(35(6)7)51(68)57-40(52(69)70)25-21-22-29-53/h19-20,23-24,32-35,39-42,45-46,55H,8-18,21-22,25-31,53H2,1-7H3,(H2,54,62)(H,56,65)(H,57,68)(H,58,64)(H,59,67)(H,60,63)(H,61,66)(H,69,70)/t39-,40-,41-,42-,45-,46-/m0/s1. The molecular formula is C52H87N9O9. The van der Waals surface area contributed by atoms with Crippen molar-refractivity contribution < 1.29 is 43.5 Å². The van der Waals surface area contributed by atoms with Gasteiger partial charge in [-0.1, -0.05) is 131 Å². The highest BCUT2D eigenvalue weighted by molar-refractivity contribution is 5.97. The topological polar surface area (TPSA) is 297 Å². The van der Waals surface area contributed by atoms with Crippen molar-refractivity contribution in [2.75, 3.05) is 6.54 Å². The zero-order valence-electron chi connectivity index (χ0n) is 43.1. The van der Waals surface area contributed by atoms with E-state index in [9.17, 15) is 43.5 Å². The maximum Gasteiger partial charge on any atom is 0.326 e. The minimum Gasteiger partial charge on any atom is -0.480 e. The summed E-state index contributed by atoms with van der Waals surface area (Å²) in [5.74, 6) is -6.80. The third-order valence-electron chi connectivity index (χ3n) is 12.5. The first-order chi connectivity index (χ1) is 33.3. The number of aromatic amines is 1. The molecule has 0 bridgehead atoms. The van der Waals surface area contributed by atoms with Crippen LogP contribution >= 0.6 is 0 Å². The largest absolute Gasteiger partial charge is 0.480 e. The van der Waals surface area contributed by atoms with E-state index in [2.05, 4.69) is 43.8 Å². The Morgan fingerprint density at radius 2 is 1.09 bits per heavy atom. The van der Waals surface area contributed by atoms with Crippen LogP contribution in [0, 0.1) is 17.8 Å². The van der Waals surface area contributed by atoms with Crippen LogP contribution in [0.3, 0.4) is 0 Å². The van der Waals surface area contributed by atoms with Crippen molar-refractivity contribution in [3.63, 3.8) is 0 Å². The minimum absolute atomic E-state index is 0.0745. The molecule has 70 heavy (non-hydrogen) atoms. The number of hydrogen-bond donors (Lipinski definition) is 10. The Hall–Kier alpha value is -5.52. The second-order valence-electron chi connectivity index (χ2n) is 19.9. The molecule has 0 aliphatic rings. The molecule has 18 heteroatoms. The Bertz CT molecular complexity index is 1950. The van der Waals surface area contributed by atoms with Crippen LogP contribution in [0.25, 0.3) is 10.9 Å². The molecule has 0 radical (unpaired) electrons. The van der Waals surface area contributed by atoms with Crippen LogP contribution in [0.1, 0.15) is 170 Å². The first-order valence-electron chi connectivity index (χ1n) is 25.9. The summed E-state index contributed by atoms with van der Waals surface area (Å²) in [4.78, 5) is 111. The van der Waals surface area contributed by atoms with Crippen LogP contribution in [0.4, 0.5) is 0 Å². The van der Waals surface area contributed by atoms with Crippen molar-refractivity contribution in [2.45, 2.75) is 207 Å². The van der Waals surface area contributed by atoms with Crippen LogP contribution in [0.5, 0.6) is 0 Å². The molecule has 0 unspecified atom stereocenters. The Labute approximate surface area is 415 Å². The molecule has 2 rings (SSSR count). The molecule has 0 saturated heterocycles. The number of carbonyl (C=O) groups excluding carboxylic acids is 7. The second kappa shape index (κ2) is 33.1. The highest BCUT2D eigenvalue weighted by Crippen LogP contribution is 2.20. The van der Waals surface area contributed by atoms with Gasteiger partial charge in [0.1, 0.15) is 36.3 Å². The molecule has 1 heterocycles. The van der Waals surface area contributed by atoms with Crippen molar-refractivity contribution in [3.05, 3.63) is 36.0 Å². The van der Waals surface area contributed by atoms with E-state index in [4.69, 9.17) is 11.5 Å². The number of unbranched alkanes of at least 4 members (excludes halogenated alkanes) is 11. The maximum absolute atomic E-state index is 14.3. The Morgan fingerprint density at radius 1 is 0.571 bits per heavy atom. The number of nitrogens with one attached hydrogen (secondary N) is 7.